The Morgan fingerprint density at radius 2 is 1.81 bits per heavy atom. The summed E-state index contributed by atoms with van der Waals surface area (Å²) in [5.41, 5.74) is 5.31. The average Bonchev–Trinajstić information content (AvgIpc) is 3.05. The second-order valence-electron chi connectivity index (χ2n) is 9.72. The molecular weight excluding hydrogens is 320 g/mol. The summed E-state index contributed by atoms with van der Waals surface area (Å²) in [5.74, 6) is 1.29. The first-order valence-corrected chi connectivity index (χ1v) is 10.2. The van der Waals surface area contributed by atoms with Gasteiger partial charge in [-0.3, -0.25) is 9.59 Å². The highest BCUT2D eigenvalue weighted by atomic mass is 16.1. The van der Waals surface area contributed by atoms with Gasteiger partial charge in [-0.2, -0.15) is 0 Å². The number of hydrogen-bond acceptors (Lipinski definition) is 2. The molecule has 1 saturated carbocycles. The van der Waals surface area contributed by atoms with E-state index in [-0.39, 0.29) is 22.0 Å². The minimum absolute atomic E-state index is 0.117. The van der Waals surface area contributed by atoms with Gasteiger partial charge in [-0.15, -0.1) is 0 Å². The molecular formula is C24H28O2. The van der Waals surface area contributed by atoms with E-state index in [1.165, 1.54) is 22.3 Å². The van der Waals surface area contributed by atoms with Crippen LogP contribution in [0.3, 0.4) is 0 Å². The normalized spacial score (nSPS) is 46.5. The number of rotatable bonds is 0. The number of carbonyl (C=O) groups is 2. The zero-order chi connectivity index (χ0) is 18.5. The lowest BCUT2D eigenvalue weighted by Gasteiger charge is -2.53. The van der Waals surface area contributed by atoms with E-state index in [1.807, 2.05) is 6.08 Å². The molecule has 0 aromatic rings. The fraction of sp³-hybridized carbons (Fsp3) is 0.583. The van der Waals surface area contributed by atoms with Crippen molar-refractivity contribution < 1.29 is 9.59 Å². The van der Waals surface area contributed by atoms with Crippen molar-refractivity contribution >= 4 is 11.6 Å². The van der Waals surface area contributed by atoms with E-state index in [0.717, 1.165) is 32.1 Å². The molecule has 0 bridgehead atoms. The highest BCUT2D eigenvalue weighted by Gasteiger charge is 2.64. The summed E-state index contributed by atoms with van der Waals surface area (Å²) in [6.45, 7) is 9.19. The summed E-state index contributed by atoms with van der Waals surface area (Å²) in [4.78, 5) is 25.2. The van der Waals surface area contributed by atoms with E-state index in [9.17, 15) is 9.59 Å². The van der Waals surface area contributed by atoms with E-state index in [4.69, 9.17) is 0 Å². The molecule has 0 N–H and O–H groups in total. The van der Waals surface area contributed by atoms with Crippen LogP contribution in [0.15, 0.2) is 46.6 Å². The number of carbonyl (C=O) groups excluding carboxylic acids is 2. The molecule has 136 valence electrons. The Morgan fingerprint density at radius 3 is 2.58 bits per heavy atom. The standard InChI is InChI=1S/C24H28O2/c1-14-15(2)21-17(23(4)11-5-16(25)13-19(14)23)7-12-24-18(21)6-9-22(24,3)10-8-20(24)26/h5-6,11,13-15H,7-10,12H2,1-4H3/t14?,15?,22-,23?,24+/m0/s1. The first-order chi connectivity index (χ1) is 12.2. The quantitative estimate of drug-likeness (QED) is 0.609. The van der Waals surface area contributed by atoms with Gasteiger partial charge in [0, 0.05) is 11.8 Å². The minimum Gasteiger partial charge on any atom is -0.299 e. The summed E-state index contributed by atoms with van der Waals surface area (Å²) < 4.78 is 0. The summed E-state index contributed by atoms with van der Waals surface area (Å²) in [5, 5.41) is 0. The van der Waals surface area contributed by atoms with Gasteiger partial charge in [-0.05, 0) is 78.7 Å². The molecule has 5 atom stereocenters. The molecule has 1 fully saturated rings. The van der Waals surface area contributed by atoms with Crippen molar-refractivity contribution in [3.05, 3.63) is 46.6 Å². The van der Waals surface area contributed by atoms with Gasteiger partial charge < -0.3 is 0 Å². The fourth-order valence-electron chi connectivity index (χ4n) is 7.09. The molecule has 2 nitrogen and oxygen atoms in total. The summed E-state index contributed by atoms with van der Waals surface area (Å²) in [7, 11) is 0. The Bertz CT molecular complexity index is 882. The van der Waals surface area contributed by atoms with Crippen LogP contribution in [-0.4, -0.2) is 11.6 Å². The van der Waals surface area contributed by atoms with Gasteiger partial charge in [-0.25, -0.2) is 0 Å². The van der Waals surface area contributed by atoms with Crippen molar-refractivity contribution in [2.75, 3.05) is 0 Å². The van der Waals surface area contributed by atoms with Crippen molar-refractivity contribution in [2.45, 2.75) is 59.8 Å². The van der Waals surface area contributed by atoms with Crippen LogP contribution in [-0.2, 0) is 9.59 Å². The molecule has 0 aromatic carbocycles. The van der Waals surface area contributed by atoms with E-state index in [1.54, 1.807) is 6.08 Å². The third kappa shape index (κ3) is 1.61. The molecule has 2 heteroatoms. The third-order valence-electron chi connectivity index (χ3n) is 8.79. The van der Waals surface area contributed by atoms with Crippen LogP contribution >= 0.6 is 0 Å². The molecule has 26 heavy (non-hydrogen) atoms. The summed E-state index contributed by atoms with van der Waals surface area (Å²) >= 11 is 0. The fourth-order valence-corrected chi connectivity index (χ4v) is 7.09. The zero-order valence-electron chi connectivity index (χ0n) is 16.3. The van der Waals surface area contributed by atoms with Crippen LogP contribution in [0.5, 0.6) is 0 Å². The monoisotopic (exact) mass is 348 g/mol. The lowest BCUT2D eigenvalue weighted by atomic mass is 9.50. The lowest BCUT2D eigenvalue weighted by Crippen LogP contribution is -2.46. The van der Waals surface area contributed by atoms with Gasteiger partial charge in [0.25, 0.3) is 0 Å². The molecule has 0 radical (unpaired) electrons. The molecule has 0 aliphatic heterocycles. The maximum absolute atomic E-state index is 13.2. The smallest absolute Gasteiger partial charge is 0.178 e. The van der Waals surface area contributed by atoms with Gasteiger partial charge in [0.05, 0.1) is 5.41 Å². The van der Waals surface area contributed by atoms with Crippen LogP contribution in [0.1, 0.15) is 59.8 Å². The predicted octanol–water partition coefficient (Wildman–Crippen LogP) is 5.12. The Morgan fingerprint density at radius 1 is 1.04 bits per heavy atom. The third-order valence-corrected chi connectivity index (χ3v) is 8.79. The van der Waals surface area contributed by atoms with Crippen LogP contribution < -0.4 is 0 Å². The van der Waals surface area contributed by atoms with Crippen molar-refractivity contribution in [3.8, 4) is 0 Å². The summed E-state index contributed by atoms with van der Waals surface area (Å²) in [6, 6.07) is 0. The van der Waals surface area contributed by atoms with E-state index < -0.39 is 0 Å². The molecule has 1 spiro atoms. The van der Waals surface area contributed by atoms with Gasteiger partial charge in [-0.1, -0.05) is 38.5 Å². The van der Waals surface area contributed by atoms with Crippen LogP contribution in [0.2, 0.25) is 0 Å². The SMILES string of the molecule is CC1C2=CC(=O)C=CC2(C)C2=C(C3=CC[C@@]4(C)CCC(=O)[C@@]34CC2)C1C. The van der Waals surface area contributed by atoms with Crippen molar-refractivity contribution in [2.24, 2.45) is 28.1 Å². The second-order valence-corrected chi connectivity index (χ2v) is 9.72. The first-order valence-electron chi connectivity index (χ1n) is 10.2. The molecule has 5 aliphatic carbocycles. The lowest BCUT2D eigenvalue weighted by molar-refractivity contribution is -0.127. The highest BCUT2D eigenvalue weighted by molar-refractivity contribution is 6.02. The number of ketones is 2. The Labute approximate surface area is 156 Å². The first kappa shape index (κ1) is 16.5. The van der Waals surface area contributed by atoms with Gasteiger partial charge in [0.15, 0.2) is 5.78 Å². The predicted molar refractivity (Wildman–Crippen MR) is 102 cm³/mol. The molecule has 0 saturated heterocycles. The van der Waals surface area contributed by atoms with E-state index in [0.29, 0.717) is 17.6 Å². The van der Waals surface area contributed by atoms with Gasteiger partial charge in [0.1, 0.15) is 5.78 Å². The molecule has 3 unspecified atom stereocenters. The Balaban J connectivity index is 1.75. The van der Waals surface area contributed by atoms with Gasteiger partial charge >= 0.3 is 0 Å². The topological polar surface area (TPSA) is 34.1 Å². The maximum Gasteiger partial charge on any atom is 0.178 e. The van der Waals surface area contributed by atoms with Gasteiger partial charge in [0.2, 0.25) is 0 Å². The van der Waals surface area contributed by atoms with E-state index >= 15 is 0 Å². The molecule has 0 aromatic heterocycles. The average molecular weight is 348 g/mol. The van der Waals surface area contributed by atoms with Crippen LogP contribution in [0.25, 0.3) is 0 Å². The van der Waals surface area contributed by atoms with Crippen molar-refractivity contribution in [1.29, 1.82) is 0 Å². The Hall–Kier alpha value is -1.70. The van der Waals surface area contributed by atoms with Crippen molar-refractivity contribution in [3.63, 3.8) is 0 Å². The summed E-state index contributed by atoms with van der Waals surface area (Å²) in [6.07, 6.45) is 12.9. The maximum atomic E-state index is 13.2. The van der Waals surface area contributed by atoms with Crippen LogP contribution in [0.4, 0.5) is 0 Å². The molecule has 5 rings (SSSR count). The minimum atomic E-state index is -0.231. The Kier molecular flexibility index (Phi) is 3.02. The number of fused-ring (bicyclic) bond motifs is 3. The molecule has 0 amide bonds. The van der Waals surface area contributed by atoms with E-state index in [2.05, 4.69) is 39.8 Å². The second kappa shape index (κ2) is 4.77. The van der Waals surface area contributed by atoms with Crippen molar-refractivity contribution in [1.82, 2.24) is 0 Å². The molecule has 0 heterocycles. The van der Waals surface area contributed by atoms with Crippen LogP contribution in [0, 0.1) is 28.1 Å². The number of allylic oxidation sites excluding steroid dienone is 8. The highest BCUT2D eigenvalue weighted by Crippen LogP contribution is 2.70. The number of hydrogen-bond donors (Lipinski definition) is 0. The molecule has 5 aliphatic rings. The number of Topliss-reactive ketones (excluding diaryl/α,β-unsaturated/α-hetero) is 1. The zero-order valence-corrected chi connectivity index (χ0v) is 16.3. The largest absolute Gasteiger partial charge is 0.299 e.